The highest BCUT2D eigenvalue weighted by Gasteiger charge is 2.17. The van der Waals surface area contributed by atoms with Gasteiger partial charge in [0.2, 0.25) is 0 Å². The van der Waals surface area contributed by atoms with Crippen molar-refractivity contribution in [3.05, 3.63) is 29.8 Å². The third-order valence-electron chi connectivity index (χ3n) is 5.23. The lowest BCUT2D eigenvalue weighted by molar-refractivity contribution is 0.0763. The van der Waals surface area contributed by atoms with Gasteiger partial charge in [-0.05, 0) is 69.2 Å². The van der Waals surface area contributed by atoms with Gasteiger partial charge in [-0.25, -0.2) is 0 Å². The Morgan fingerprint density at radius 1 is 1.17 bits per heavy atom. The Labute approximate surface area is 145 Å². The average Bonchev–Trinajstić information content (AvgIpc) is 3.15. The Hall–Kier alpha value is -1.55. The number of ether oxygens (including phenoxy) is 1. The first kappa shape index (κ1) is 17.3. The fourth-order valence-corrected chi connectivity index (χ4v) is 3.72. The molecular formula is C20H30N2O2. The summed E-state index contributed by atoms with van der Waals surface area (Å²) in [6.45, 7) is 3.97. The lowest BCUT2D eigenvalue weighted by Gasteiger charge is -2.29. The third-order valence-corrected chi connectivity index (χ3v) is 5.23. The molecule has 3 rings (SSSR count). The van der Waals surface area contributed by atoms with Crippen molar-refractivity contribution in [3.63, 3.8) is 0 Å². The molecule has 0 spiro atoms. The van der Waals surface area contributed by atoms with E-state index >= 15 is 0 Å². The van der Waals surface area contributed by atoms with Crippen molar-refractivity contribution >= 4 is 11.6 Å². The summed E-state index contributed by atoms with van der Waals surface area (Å²) in [6, 6.07) is 8.14. The summed E-state index contributed by atoms with van der Waals surface area (Å²) in [4.78, 5) is 16.8. The molecule has 4 heteroatoms. The molecule has 0 saturated carbocycles. The molecule has 2 aliphatic rings. The Balaban J connectivity index is 1.48. The second-order valence-corrected chi connectivity index (χ2v) is 7.10. The largest absolute Gasteiger partial charge is 0.378 e. The van der Waals surface area contributed by atoms with Gasteiger partial charge in [0.15, 0.2) is 0 Å². The van der Waals surface area contributed by atoms with E-state index in [0.717, 1.165) is 44.6 Å². The highest BCUT2D eigenvalue weighted by atomic mass is 16.5. The second-order valence-electron chi connectivity index (χ2n) is 7.10. The number of carbonyl (C=O) groups excluding carboxylic acids is 1. The minimum absolute atomic E-state index is 0.118. The first-order valence-corrected chi connectivity index (χ1v) is 9.46. The maximum Gasteiger partial charge on any atom is 0.253 e. The maximum atomic E-state index is 12.5. The van der Waals surface area contributed by atoms with Gasteiger partial charge in [0.05, 0.1) is 6.10 Å². The van der Waals surface area contributed by atoms with Crippen LogP contribution in [0.1, 0.15) is 55.3 Å². The van der Waals surface area contributed by atoms with Crippen molar-refractivity contribution in [2.75, 3.05) is 38.2 Å². The molecule has 1 aromatic carbocycles. The van der Waals surface area contributed by atoms with Gasteiger partial charge < -0.3 is 14.5 Å². The predicted octanol–water partition coefficient (Wildman–Crippen LogP) is 3.71. The Morgan fingerprint density at radius 3 is 2.58 bits per heavy atom. The first-order valence-electron chi connectivity index (χ1n) is 9.46. The maximum absolute atomic E-state index is 12.5. The van der Waals surface area contributed by atoms with Crippen LogP contribution in [0.3, 0.4) is 0 Å². The summed E-state index contributed by atoms with van der Waals surface area (Å²) in [7, 11) is 1.90. The van der Waals surface area contributed by atoms with E-state index in [4.69, 9.17) is 4.74 Å². The molecule has 4 nitrogen and oxygen atoms in total. The predicted molar refractivity (Wildman–Crippen MR) is 97.7 cm³/mol. The van der Waals surface area contributed by atoms with Crippen molar-refractivity contribution in [1.29, 1.82) is 0 Å². The monoisotopic (exact) mass is 330 g/mol. The molecule has 1 aromatic rings. The van der Waals surface area contributed by atoms with E-state index in [0.29, 0.717) is 6.10 Å². The Kier molecular flexibility index (Phi) is 6.13. The third kappa shape index (κ3) is 4.50. The number of rotatable bonds is 6. The zero-order valence-corrected chi connectivity index (χ0v) is 14.9. The summed E-state index contributed by atoms with van der Waals surface area (Å²) >= 11 is 0. The van der Waals surface area contributed by atoms with E-state index in [1.165, 1.54) is 37.8 Å². The number of benzene rings is 1. The van der Waals surface area contributed by atoms with Crippen molar-refractivity contribution in [2.24, 2.45) is 0 Å². The zero-order valence-electron chi connectivity index (χ0n) is 14.9. The lowest BCUT2D eigenvalue weighted by atomic mass is 10.1. The molecule has 0 N–H and O–H groups in total. The van der Waals surface area contributed by atoms with Crippen LogP contribution in [0, 0.1) is 0 Å². The molecule has 132 valence electrons. The summed E-state index contributed by atoms with van der Waals surface area (Å²) in [6.07, 6.45) is 8.73. The molecule has 1 atom stereocenters. The van der Waals surface area contributed by atoms with Gasteiger partial charge in [0.25, 0.3) is 5.91 Å². The quantitative estimate of drug-likeness (QED) is 0.797. The fourth-order valence-electron chi connectivity index (χ4n) is 3.72. The minimum Gasteiger partial charge on any atom is -0.378 e. The van der Waals surface area contributed by atoms with E-state index in [2.05, 4.69) is 17.0 Å². The van der Waals surface area contributed by atoms with Crippen LogP contribution < -0.4 is 4.90 Å². The van der Waals surface area contributed by atoms with Crippen molar-refractivity contribution in [2.45, 2.75) is 51.0 Å². The topological polar surface area (TPSA) is 32.8 Å². The highest BCUT2D eigenvalue weighted by molar-refractivity contribution is 5.94. The van der Waals surface area contributed by atoms with Crippen LogP contribution >= 0.6 is 0 Å². The van der Waals surface area contributed by atoms with E-state index < -0.39 is 0 Å². The number of anilines is 1. The second kappa shape index (κ2) is 8.52. The molecule has 2 aliphatic heterocycles. The van der Waals surface area contributed by atoms with Gasteiger partial charge in [0, 0.05) is 44.5 Å². The molecule has 2 saturated heterocycles. The van der Waals surface area contributed by atoms with Crippen LogP contribution in [0.4, 0.5) is 5.69 Å². The number of hydrogen-bond donors (Lipinski definition) is 0. The normalized spacial score (nSPS) is 21.0. The minimum atomic E-state index is 0.118. The van der Waals surface area contributed by atoms with E-state index in [1.54, 1.807) is 0 Å². The molecule has 0 radical (unpaired) electrons. The number of amides is 1. The molecule has 0 bridgehead atoms. The molecular weight excluding hydrogens is 300 g/mol. The first-order chi connectivity index (χ1) is 11.7. The molecule has 0 aliphatic carbocycles. The summed E-state index contributed by atoms with van der Waals surface area (Å²) in [5.74, 6) is 0.118. The van der Waals surface area contributed by atoms with Gasteiger partial charge in [0.1, 0.15) is 0 Å². The van der Waals surface area contributed by atoms with Crippen LogP contribution in [-0.4, -0.2) is 50.2 Å². The Morgan fingerprint density at radius 2 is 1.92 bits per heavy atom. The van der Waals surface area contributed by atoms with Gasteiger partial charge in [-0.1, -0.05) is 0 Å². The van der Waals surface area contributed by atoms with Crippen molar-refractivity contribution in [3.8, 4) is 0 Å². The smallest absolute Gasteiger partial charge is 0.253 e. The molecule has 2 fully saturated rings. The lowest BCUT2D eigenvalue weighted by Crippen LogP contribution is -2.30. The van der Waals surface area contributed by atoms with Crippen LogP contribution in [0.25, 0.3) is 0 Å². The number of piperidine rings is 1. The van der Waals surface area contributed by atoms with Gasteiger partial charge in [-0.15, -0.1) is 0 Å². The molecule has 1 amide bonds. The van der Waals surface area contributed by atoms with Crippen LogP contribution in [0.15, 0.2) is 24.3 Å². The van der Waals surface area contributed by atoms with Gasteiger partial charge in [-0.3, -0.25) is 4.79 Å². The molecule has 0 unspecified atom stereocenters. The van der Waals surface area contributed by atoms with E-state index in [9.17, 15) is 4.79 Å². The van der Waals surface area contributed by atoms with Gasteiger partial charge >= 0.3 is 0 Å². The summed E-state index contributed by atoms with van der Waals surface area (Å²) in [5, 5.41) is 0. The highest BCUT2D eigenvalue weighted by Crippen LogP contribution is 2.21. The number of hydrogen-bond acceptors (Lipinski definition) is 3. The number of carbonyl (C=O) groups is 1. The summed E-state index contributed by atoms with van der Waals surface area (Å²) < 4.78 is 5.64. The molecule has 0 aromatic heterocycles. The van der Waals surface area contributed by atoms with Crippen LogP contribution in [-0.2, 0) is 4.74 Å². The SMILES string of the molecule is CN(CCC[C@H]1CCCO1)C(=O)c1ccc(N2CCCCC2)cc1. The van der Waals surface area contributed by atoms with Gasteiger partial charge in [-0.2, -0.15) is 0 Å². The van der Waals surface area contributed by atoms with Crippen LogP contribution in [0.5, 0.6) is 0 Å². The molecule has 24 heavy (non-hydrogen) atoms. The zero-order chi connectivity index (χ0) is 16.8. The van der Waals surface area contributed by atoms with E-state index in [-0.39, 0.29) is 5.91 Å². The molecule has 2 heterocycles. The standard InChI is InChI=1S/C20H30N2O2/c1-21(13-5-7-19-8-6-16-24-19)20(23)17-9-11-18(12-10-17)22-14-3-2-4-15-22/h9-12,19H,2-8,13-16H2,1H3/t19-/m0/s1. The van der Waals surface area contributed by atoms with E-state index in [1.807, 2.05) is 24.1 Å². The number of nitrogens with zero attached hydrogens (tertiary/aromatic N) is 2. The van der Waals surface area contributed by atoms with Crippen LogP contribution in [0.2, 0.25) is 0 Å². The Bertz CT molecular complexity index is 517. The van der Waals surface area contributed by atoms with Crippen molar-refractivity contribution < 1.29 is 9.53 Å². The van der Waals surface area contributed by atoms with Crippen molar-refractivity contribution in [1.82, 2.24) is 4.90 Å². The summed E-state index contributed by atoms with van der Waals surface area (Å²) in [5.41, 5.74) is 2.03. The average molecular weight is 330 g/mol. The fraction of sp³-hybridized carbons (Fsp3) is 0.650.